The maximum atomic E-state index is 13.0. The van der Waals surface area contributed by atoms with Crippen LogP contribution in [0.2, 0.25) is 0 Å². The first kappa shape index (κ1) is 19.7. The summed E-state index contributed by atoms with van der Waals surface area (Å²) in [4.78, 5) is 25.8. The fraction of sp³-hybridized carbons (Fsp3) is 0.467. The molecule has 140 valence electrons. The maximum Gasteiger partial charge on any atom is 0.322 e. The number of benzene rings is 1. The summed E-state index contributed by atoms with van der Waals surface area (Å²) in [6.45, 7) is 1.67. The van der Waals surface area contributed by atoms with E-state index in [1.165, 1.54) is 12.1 Å². The molecule has 0 spiro atoms. The van der Waals surface area contributed by atoms with E-state index in [1.54, 1.807) is 19.1 Å². The van der Waals surface area contributed by atoms with Gasteiger partial charge in [0.15, 0.2) is 0 Å². The number of sulfonamides is 1. The van der Waals surface area contributed by atoms with E-state index in [-0.39, 0.29) is 24.3 Å². The molecule has 26 heavy (non-hydrogen) atoms. The molecule has 1 aliphatic heterocycles. The van der Waals surface area contributed by atoms with Crippen molar-refractivity contribution in [2.75, 3.05) is 6.54 Å². The van der Waals surface area contributed by atoms with E-state index >= 15 is 0 Å². The Morgan fingerprint density at radius 3 is 2.12 bits per heavy atom. The van der Waals surface area contributed by atoms with Crippen molar-refractivity contribution in [2.45, 2.75) is 36.7 Å². The monoisotopic (exact) mass is 382 g/mol. The lowest BCUT2D eigenvalue weighted by Crippen LogP contribution is -2.58. The zero-order chi connectivity index (χ0) is 19.5. The Bertz CT molecular complexity index is 823. The van der Waals surface area contributed by atoms with E-state index in [4.69, 9.17) is 5.53 Å². The maximum absolute atomic E-state index is 13.0. The second-order valence-electron chi connectivity index (χ2n) is 6.11. The van der Waals surface area contributed by atoms with Gasteiger partial charge in [-0.15, -0.1) is 0 Å². The predicted octanol–water partition coefficient (Wildman–Crippen LogP) is 1.61. The summed E-state index contributed by atoms with van der Waals surface area (Å²) >= 11 is 0. The van der Waals surface area contributed by atoms with Crippen molar-refractivity contribution in [1.82, 2.24) is 4.31 Å². The van der Waals surface area contributed by atoms with E-state index in [0.717, 1.165) is 5.56 Å². The van der Waals surface area contributed by atoms with Crippen LogP contribution in [0, 0.1) is 12.8 Å². The zero-order valence-corrected chi connectivity index (χ0v) is 14.7. The highest BCUT2D eigenvalue weighted by Gasteiger charge is 2.48. The van der Waals surface area contributed by atoms with Gasteiger partial charge < -0.3 is 10.2 Å². The van der Waals surface area contributed by atoms with Gasteiger partial charge in [0.2, 0.25) is 10.0 Å². The van der Waals surface area contributed by atoms with E-state index in [2.05, 4.69) is 10.0 Å². The van der Waals surface area contributed by atoms with E-state index in [0.29, 0.717) is 4.31 Å². The van der Waals surface area contributed by atoms with Gasteiger partial charge in [0.05, 0.1) is 4.90 Å². The number of nitrogens with zero attached hydrogens (tertiary/aromatic N) is 4. The standard InChI is InChI=1S/C15H18N4O6S/c1-9-2-4-11(5-3-9)26(24,25)19-12(14(20)21)6-10(8-17-18-16)7-13(19)15(22)23/h2-5,10,12-13H,6-8H2,1H3,(H,20,21)(H,22,23). The van der Waals surface area contributed by atoms with Crippen LogP contribution < -0.4 is 0 Å². The molecule has 2 atom stereocenters. The Labute approximate surface area is 149 Å². The Morgan fingerprint density at radius 2 is 1.69 bits per heavy atom. The lowest BCUT2D eigenvalue weighted by Gasteiger charge is -2.40. The minimum atomic E-state index is -4.34. The number of carboxylic acid groups (broad SMARTS) is 2. The number of rotatable bonds is 6. The normalized spacial score (nSPS) is 23.8. The van der Waals surface area contributed by atoms with Gasteiger partial charge in [0, 0.05) is 11.5 Å². The predicted molar refractivity (Wildman–Crippen MR) is 89.8 cm³/mol. The molecule has 0 aliphatic carbocycles. The van der Waals surface area contributed by atoms with Crippen molar-refractivity contribution in [3.8, 4) is 0 Å². The molecule has 1 aromatic carbocycles. The zero-order valence-electron chi connectivity index (χ0n) is 13.9. The molecule has 0 saturated carbocycles. The van der Waals surface area contributed by atoms with E-state index in [9.17, 15) is 28.2 Å². The molecule has 1 saturated heterocycles. The number of hydrogen-bond donors (Lipinski definition) is 2. The van der Waals surface area contributed by atoms with Gasteiger partial charge in [-0.3, -0.25) is 9.59 Å². The lowest BCUT2D eigenvalue weighted by atomic mass is 9.87. The van der Waals surface area contributed by atoms with Crippen LogP contribution >= 0.6 is 0 Å². The molecule has 1 aliphatic rings. The number of carbonyl (C=O) groups is 2. The fourth-order valence-corrected chi connectivity index (χ4v) is 4.79. The quantitative estimate of drug-likeness (QED) is 0.431. The van der Waals surface area contributed by atoms with Crippen LogP contribution in [-0.2, 0) is 19.6 Å². The van der Waals surface area contributed by atoms with Crippen molar-refractivity contribution in [1.29, 1.82) is 0 Å². The molecule has 2 rings (SSSR count). The van der Waals surface area contributed by atoms with Crippen LogP contribution in [0.1, 0.15) is 18.4 Å². The molecular weight excluding hydrogens is 364 g/mol. The van der Waals surface area contributed by atoms with Gasteiger partial charge in [-0.25, -0.2) is 8.42 Å². The Kier molecular flexibility index (Phi) is 5.86. The molecule has 0 aromatic heterocycles. The van der Waals surface area contributed by atoms with Crippen LogP contribution in [0.5, 0.6) is 0 Å². The van der Waals surface area contributed by atoms with Gasteiger partial charge in [0.1, 0.15) is 12.1 Å². The summed E-state index contributed by atoms with van der Waals surface area (Å²) in [5, 5.41) is 22.4. The smallest absolute Gasteiger partial charge is 0.322 e. The average Bonchev–Trinajstić information content (AvgIpc) is 2.59. The van der Waals surface area contributed by atoms with E-state index in [1.807, 2.05) is 0 Å². The van der Waals surface area contributed by atoms with Crippen molar-refractivity contribution in [2.24, 2.45) is 11.0 Å². The van der Waals surface area contributed by atoms with Gasteiger partial charge in [0.25, 0.3) is 0 Å². The summed E-state index contributed by atoms with van der Waals surface area (Å²) < 4.78 is 26.5. The molecule has 0 radical (unpaired) electrons. The van der Waals surface area contributed by atoms with Crippen molar-refractivity contribution < 1.29 is 28.2 Å². The molecule has 0 bridgehead atoms. The molecule has 2 unspecified atom stereocenters. The van der Waals surface area contributed by atoms with Crippen LogP contribution in [0.15, 0.2) is 34.3 Å². The molecule has 2 N–H and O–H groups in total. The third-order valence-electron chi connectivity index (χ3n) is 4.30. The third-order valence-corrected chi connectivity index (χ3v) is 6.23. The first-order chi connectivity index (χ1) is 12.2. The summed E-state index contributed by atoms with van der Waals surface area (Å²) in [6.07, 6.45) is -0.271. The molecule has 1 aromatic rings. The average molecular weight is 382 g/mol. The minimum absolute atomic E-state index is 0.0948. The molecule has 0 amide bonds. The van der Waals surface area contributed by atoms with Crippen LogP contribution in [0.4, 0.5) is 0 Å². The SMILES string of the molecule is Cc1ccc(S(=O)(=O)N2C(C(=O)O)CC(CN=[N+]=[N-])CC2C(=O)O)cc1. The van der Waals surface area contributed by atoms with Gasteiger partial charge in [-0.2, -0.15) is 4.31 Å². The molecule has 10 nitrogen and oxygen atoms in total. The fourth-order valence-electron chi connectivity index (χ4n) is 3.04. The summed E-state index contributed by atoms with van der Waals surface area (Å²) in [5.74, 6) is -3.44. The van der Waals surface area contributed by atoms with Gasteiger partial charge >= 0.3 is 11.9 Å². The lowest BCUT2D eigenvalue weighted by molar-refractivity contribution is -0.150. The van der Waals surface area contributed by atoms with E-state index < -0.39 is 40.0 Å². The number of hydrogen-bond acceptors (Lipinski definition) is 5. The van der Waals surface area contributed by atoms with Crippen molar-refractivity contribution in [3.63, 3.8) is 0 Å². The highest BCUT2D eigenvalue weighted by molar-refractivity contribution is 7.89. The van der Waals surface area contributed by atoms with Gasteiger partial charge in [-0.1, -0.05) is 22.8 Å². The Balaban J connectivity index is 2.50. The Morgan fingerprint density at radius 1 is 1.19 bits per heavy atom. The molecule has 1 heterocycles. The topological polar surface area (TPSA) is 161 Å². The highest BCUT2D eigenvalue weighted by Crippen LogP contribution is 2.34. The van der Waals surface area contributed by atoms with Crippen molar-refractivity contribution >= 4 is 22.0 Å². The first-order valence-electron chi connectivity index (χ1n) is 7.75. The number of aryl methyl sites for hydroxylation is 1. The molecule has 1 fully saturated rings. The van der Waals surface area contributed by atoms with Crippen LogP contribution in [-0.4, -0.2) is 53.5 Å². The summed E-state index contributed by atoms with van der Waals surface area (Å²) in [5.41, 5.74) is 9.23. The number of carboxylic acids is 2. The minimum Gasteiger partial charge on any atom is -0.480 e. The number of aliphatic carboxylic acids is 2. The van der Waals surface area contributed by atoms with Crippen LogP contribution in [0.25, 0.3) is 10.4 Å². The number of azide groups is 1. The molecule has 11 heteroatoms. The largest absolute Gasteiger partial charge is 0.480 e. The van der Waals surface area contributed by atoms with Crippen molar-refractivity contribution in [3.05, 3.63) is 40.3 Å². The van der Waals surface area contributed by atoms with Crippen LogP contribution in [0.3, 0.4) is 0 Å². The second kappa shape index (κ2) is 7.73. The Hall–Kier alpha value is -2.62. The molecular formula is C15H18N4O6S. The first-order valence-corrected chi connectivity index (χ1v) is 9.19. The van der Waals surface area contributed by atoms with Gasteiger partial charge in [-0.05, 0) is 43.3 Å². The second-order valence-corrected chi connectivity index (χ2v) is 7.95. The number of piperidine rings is 1. The summed E-state index contributed by atoms with van der Waals surface area (Å²) in [7, 11) is -4.34. The highest BCUT2D eigenvalue weighted by atomic mass is 32.2. The third kappa shape index (κ3) is 3.96. The summed E-state index contributed by atoms with van der Waals surface area (Å²) in [6, 6.07) is 2.60.